The summed E-state index contributed by atoms with van der Waals surface area (Å²) in [5.41, 5.74) is 4.82. The lowest BCUT2D eigenvalue weighted by Gasteiger charge is -2.41. The lowest BCUT2D eigenvalue weighted by molar-refractivity contribution is -0.384. The molecular weight excluding hydrogens is 340 g/mol. The zero-order valence-electron chi connectivity index (χ0n) is 12.9. The normalized spacial score (nSPS) is 29.2. The summed E-state index contributed by atoms with van der Waals surface area (Å²) in [7, 11) is 0. The average Bonchev–Trinajstić information content (AvgIpc) is 2.57. The van der Waals surface area contributed by atoms with Gasteiger partial charge in [-0.3, -0.25) is 14.9 Å². The number of rotatable bonds is 7. The number of primary amides is 1. The summed E-state index contributed by atoms with van der Waals surface area (Å²) in [5.74, 6) is -0.657. The van der Waals surface area contributed by atoms with Gasteiger partial charge in [0, 0.05) is 12.1 Å². The maximum absolute atomic E-state index is 10.8. The standard InChI is InChI=1S/C14H18N2O9/c15-10(18)6-23-13-11(19)9(5-17)25-14(12(13)20)24-8-3-1-7(2-4-8)16(21)22/h1-4,9,11-14,17,19-20H,5-6H2,(H2,15,18)/t9-,11+,12-,13+,14-/m1/s1. The molecule has 1 fully saturated rings. The summed E-state index contributed by atoms with van der Waals surface area (Å²) in [6, 6.07) is 4.99. The Balaban J connectivity index is 2.12. The number of hydrogen-bond donors (Lipinski definition) is 4. The molecule has 5 atom stereocenters. The van der Waals surface area contributed by atoms with Crippen molar-refractivity contribution in [2.75, 3.05) is 13.2 Å². The van der Waals surface area contributed by atoms with Gasteiger partial charge in [-0.25, -0.2) is 0 Å². The van der Waals surface area contributed by atoms with E-state index in [2.05, 4.69) is 0 Å². The molecule has 0 aromatic heterocycles. The van der Waals surface area contributed by atoms with Crippen molar-refractivity contribution in [3.8, 4) is 5.75 Å². The van der Waals surface area contributed by atoms with E-state index >= 15 is 0 Å². The van der Waals surface area contributed by atoms with E-state index in [9.17, 15) is 30.2 Å². The molecule has 1 aliphatic rings. The Morgan fingerprint density at radius 3 is 2.44 bits per heavy atom. The highest BCUT2D eigenvalue weighted by atomic mass is 16.7. The van der Waals surface area contributed by atoms with Gasteiger partial charge in [0.05, 0.1) is 11.5 Å². The molecule has 0 aliphatic carbocycles. The number of aliphatic hydroxyl groups is 3. The second-order valence-corrected chi connectivity index (χ2v) is 5.32. The van der Waals surface area contributed by atoms with Gasteiger partial charge in [-0.05, 0) is 12.1 Å². The zero-order valence-corrected chi connectivity index (χ0v) is 12.9. The van der Waals surface area contributed by atoms with E-state index in [1.54, 1.807) is 0 Å². The first-order valence-electron chi connectivity index (χ1n) is 7.27. The van der Waals surface area contributed by atoms with Gasteiger partial charge in [0.2, 0.25) is 12.2 Å². The number of nitro groups is 1. The van der Waals surface area contributed by atoms with Gasteiger partial charge in [-0.2, -0.15) is 0 Å². The van der Waals surface area contributed by atoms with E-state index in [4.69, 9.17) is 19.9 Å². The number of ether oxygens (including phenoxy) is 3. The van der Waals surface area contributed by atoms with Crippen molar-refractivity contribution in [1.82, 2.24) is 0 Å². The third-order valence-corrected chi connectivity index (χ3v) is 3.54. The molecule has 11 nitrogen and oxygen atoms in total. The van der Waals surface area contributed by atoms with Crippen LogP contribution in [0.2, 0.25) is 0 Å². The molecule has 25 heavy (non-hydrogen) atoms. The quantitative estimate of drug-likeness (QED) is 0.326. The minimum Gasteiger partial charge on any atom is -0.462 e. The summed E-state index contributed by atoms with van der Waals surface area (Å²) in [5, 5.41) is 40.2. The van der Waals surface area contributed by atoms with Gasteiger partial charge < -0.3 is 35.3 Å². The molecule has 5 N–H and O–H groups in total. The van der Waals surface area contributed by atoms with Crippen molar-refractivity contribution in [3.63, 3.8) is 0 Å². The molecule has 0 bridgehead atoms. The number of nitrogens with two attached hydrogens (primary N) is 1. The molecule has 0 saturated carbocycles. The molecule has 1 saturated heterocycles. The molecule has 0 unspecified atom stereocenters. The van der Waals surface area contributed by atoms with Crippen LogP contribution in [-0.2, 0) is 14.3 Å². The number of carbonyl (C=O) groups excluding carboxylic acids is 1. The van der Waals surface area contributed by atoms with Gasteiger partial charge >= 0.3 is 0 Å². The number of amides is 1. The summed E-state index contributed by atoms with van der Waals surface area (Å²) in [4.78, 5) is 20.9. The fourth-order valence-corrected chi connectivity index (χ4v) is 2.31. The summed E-state index contributed by atoms with van der Waals surface area (Å²) >= 11 is 0. The Morgan fingerprint density at radius 1 is 1.28 bits per heavy atom. The number of carbonyl (C=O) groups is 1. The molecule has 0 spiro atoms. The van der Waals surface area contributed by atoms with Crippen LogP contribution in [0.25, 0.3) is 0 Å². The van der Waals surface area contributed by atoms with Crippen LogP contribution in [0.1, 0.15) is 0 Å². The predicted molar refractivity (Wildman–Crippen MR) is 80.4 cm³/mol. The van der Waals surface area contributed by atoms with Crippen molar-refractivity contribution in [2.24, 2.45) is 5.73 Å². The molecule has 0 radical (unpaired) electrons. The number of aliphatic hydroxyl groups excluding tert-OH is 3. The van der Waals surface area contributed by atoms with Crippen molar-refractivity contribution in [2.45, 2.75) is 30.7 Å². The van der Waals surface area contributed by atoms with Gasteiger partial charge in [-0.1, -0.05) is 0 Å². The van der Waals surface area contributed by atoms with Crippen LogP contribution < -0.4 is 10.5 Å². The Kier molecular flexibility index (Phi) is 6.22. The monoisotopic (exact) mass is 358 g/mol. The lowest BCUT2D eigenvalue weighted by atomic mass is 9.99. The van der Waals surface area contributed by atoms with E-state index in [0.29, 0.717) is 0 Å². The summed E-state index contributed by atoms with van der Waals surface area (Å²) in [6.07, 6.45) is -6.70. The van der Waals surface area contributed by atoms with Crippen LogP contribution in [0.4, 0.5) is 5.69 Å². The predicted octanol–water partition coefficient (Wildman–Crippen LogP) is -1.72. The largest absolute Gasteiger partial charge is 0.462 e. The van der Waals surface area contributed by atoms with E-state index < -0.39 is 54.8 Å². The van der Waals surface area contributed by atoms with Crippen LogP contribution in [0.15, 0.2) is 24.3 Å². The Labute approximate surface area is 141 Å². The van der Waals surface area contributed by atoms with Crippen LogP contribution in [0, 0.1) is 10.1 Å². The molecule has 1 heterocycles. The lowest BCUT2D eigenvalue weighted by Crippen LogP contribution is -2.61. The van der Waals surface area contributed by atoms with E-state index in [1.165, 1.54) is 24.3 Å². The average molecular weight is 358 g/mol. The Bertz CT molecular complexity index is 609. The van der Waals surface area contributed by atoms with Crippen LogP contribution in [-0.4, -0.2) is 70.1 Å². The first-order valence-corrected chi connectivity index (χ1v) is 7.27. The SMILES string of the molecule is NC(=O)CO[C@H]1[C@@H](O)[C@@H](CO)O[C@@H](Oc2ccc([N+](=O)[O-])cc2)[C@@H]1O. The molecular formula is C14H18N2O9. The second-order valence-electron chi connectivity index (χ2n) is 5.32. The Morgan fingerprint density at radius 2 is 1.92 bits per heavy atom. The highest BCUT2D eigenvalue weighted by Gasteiger charge is 2.46. The molecule has 11 heteroatoms. The molecule has 1 amide bonds. The van der Waals surface area contributed by atoms with Gasteiger partial charge in [0.15, 0.2) is 0 Å². The molecule has 2 rings (SSSR count). The maximum Gasteiger partial charge on any atom is 0.269 e. The fourth-order valence-electron chi connectivity index (χ4n) is 2.31. The number of benzene rings is 1. The van der Waals surface area contributed by atoms with Crippen molar-refractivity contribution in [1.29, 1.82) is 0 Å². The number of nitro benzene ring substituents is 1. The molecule has 1 aromatic rings. The minimum atomic E-state index is -1.51. The van der Waals surface area contributed by atoms with E-state index in [-0.39, 0.29) is 11.4 Å². The maximum atomic E-state index is 10.8. The third-order valence-electron chi connectivity index (χ3n) is 3.54. The summed E-state index contributed by atoms with van der Waals surface area (Å²) < 4.78 is 15.8. The second kappa shape index (κ2) is 8.18. The van der Waals surface area contributed by atoms with Crippen molar-refractivity contribution in [3.05, 3.63) is 34.4 Å². The smallest absolute Gasteiger partial charge is 0.269 e. The minimum absolute atomic E-state index is 0.149. The highest BCUT2D eigenvalue weighted by Crippen LogP contribution is 2.27. The van der Waals surface area contributed by atoms with Gasteiger partial charge in [0.25, 0.3) is 5.69 Å². The number of hydrogen-bond acceptors (Lipinski definition) is 9. The van der Waals surface area contributed by atoms with Crippen molar-refractivity contribution >= 4 is 11.6 Å². The molecule has 1 aliphatic heterocycles. The third kappa shape index (κ3) is 4.61. The zero-order chi connectivity index (χ0) is 18.6. The first kappa shape index (κ1) is 19.0. The molecule has 138 valence electrons. The highest BCUT2D eigenvalue weighted by molar-refractivity contribution is 5.75. The fraction of sp³-hybridized carbons (Fsp3) is 0.500. The topological polar surface area (TPSA) is 175 Å². The van der Waals surface area contributed by atoms with Gasteiger partial charge in [0.1, 0.15) is 36.8 Å². The summed E-state index contributed by atoms with van der Waals surface area (Å²) in [6.45, 7) is -1.15. The Hall–Kier alpha value is -2.31. The van der Waals surface area contributed by atoms with Gasteiger partial charge in [-0.15, -0.1) is 0 Å². The molecule has 1 aromatic carbocycles. The number of nitrogens with zero attached hydrogens (tertiary/aromatic N) is 1. The van der Waals surface area contributed by atoms with Crippen LogP contribution in [0.5, 0.6) is 5.75 Å². The van der Waals surface area contributed by atoms with Crippen molar-refractivity contribution < 1.29 is 39.2 Å². The first-order chi connectivity index (χ1) is 11.8. The number of non-ortho nitro benzene ring substituents is 1. The van der Waals surface area contributed by atoms with E-state index in [1.807, 2.05) is 0 Å². The van der Waals surface area contributed by atoms with Crippen LogP contribution in [0.3, 0.4) is 0 Å². The van der Waals surface area contributed by atoms with E-state index in [0.717, 1.165) is 0 Å². The van der Waals surface area contributed by atoms with Crippen LogP contribution >= 0.6 is 0 Å².